The summed E-state index contributed by atoms with van der Waals surface area (Å²) in [5, 5.41) is 15.6. The highest BCUT2D eigenvalue weighted by Crippen LogP contribution is 2.38. The summed E-state index contributed by atoms with van der Waals surface area (Å²) in [4.78, 5) is 20.3. The number of urea groups is 1. The van der Waals surface area contributed by atoms with E-state index in [-0.39, 0.29) is 36.8 Å². The van der Waals surface area contributed by atoms with Crippen LogP contribution in [0.25, 0.3) is 11.3 Å². The minimum Gasteiger partial charge on any atom is -0.391 e. The quantitative estimate of drug-likeness (QED) is 0.334. The van der Waals surface area contributed by atoms with Gasteiger partial charge in [-0.15, -0.1) is 0 Å². The van der Waals surface area contributed by atoms with Crippen LogP contribution in [-0.2, 0) is 11.3 Å². The van der Waals surface area contributed by atoms with Crippen LogP contribution in [0.2, 0.25) is 0 Å². The number of nitrogens with one attached hydrogen (secondary N) is 2. The van der Waals surface area contributed by atoms with Crippen molar-refractivity contribution >= 4 is 6.03 Å². The van der Waals surface area contributed by atoms with Crippen molar-refractivity contribution in [1.29, 1.82) is 0 Å². The fraction of sp³-hybridized carbons (Fsp3) is 0.452. The zero-order valence-corrected chi connectivity index (χ0v) is 23.4. The Bertz CT molecular complexity index is 1330. The second-order valence-corrected chi connectivity index (χ2v) is 11.0. The van der Waals surface area contributed by atoms with Crippen LogP contribution >= 0.6 is 0 Å². The van der Waals surface area contributed by atoms with Gasteiger partial charge in [0, 0.05) is 63.6 Å². The lowest BCUT2D eigenvalue weighted by Crippen LogP contribution is -2.50. The zero-order valence-electron chi connectivity index (χ0n) is 23.4. The van der Waals surface area contributed by atoms with Crippen molar-refractivity contribution in [2.45, 2.75) is 37.7 Å². The fourth-order valence-corrected chi connectivity index (χ4v) is 5.80. The predicted molar refractivity (Wildman–Crippen MR) is 152 cm³/mol. The molecule has 42 heavy (non-hydrogen) atoms. The minimum absolute atomic E-state index is 0.00813. The number of hydrogen-bond donors (Lipinski definition) is 3. The summed E-state index contributed by atoms with van der Waals surface area (Å²) in [6, 6.07) is 11.7. The lowest BCUT2D eigenvalue weighted by Gasteiger charge is -2.40. The van der Waals surface area contributed by atoms with E-state index in [0.717, 1.165) is 23.8 Å². The largest absolute Gasteiger partial charge is 0.391 e. The average Bonchev–Trinajstić information content (AvgIpc) is 3.59. The first-order valence-corrected chi connectivity index (χ1v) is 14.3. The molecule has 2 saturated heterocycles. The molecular formula is C31H37F3N5O3. The van der Waals surface area contributed by atoms with E-state index in [9.17, 15) is 23.1 Å². The molecule has 2 fully saturated rings. The third-order valence-electron chi connectivity index (χ3n) is 7.96. The van der Waals surface area contributed by atoms with Crippen LogP contribution < -0.4 is 10.6 Å². The minimum atomic E-state index is -1.14. The number of alkyl halides is 1. The van der Waals surface area contributed by atoms with Crippen molar-refractivity contribution in [3.8, 4) is 11.3 Å². The molecule has 0 saturated carbocycles. The number of aliphatic hydroxyl groups excluding tert-OH is 1. The molecule has 2 aliphatic heterocycles. The normalized spacial score (nSPS) is 20.8. The lowest BCUT2D eigenvalue weighted by atomic mass is 9.89. The number of ether oxygens (including phenoxy) is 1. The number of rotatable bonds is 10. The molecule has 0 aliphatic carbocycles. The molecule has 3 aromatic rings. The van der Waals surface area contributed by atoms with Gasteiger partial charge in [0.25, 0.3) is 0 Å². The van der Waals surface area contributed by atoms with Crippen LogP contribution in [-0.4, -0.2) is 77.3 Å². The van der Waals surface area contributed by atoms with Gasteiger partial charge in [0.15, 0.2) is 0 Å². The molecular weight excluding hydrogens is 547 g/mol. The molecule has 5 rings (SSSR count). The van der Waals surface area contributed by atoms with Crippen molar-refractivity contribution in [3.05, 3.63) is 84.7 Å². The number of carbonyl (C=O) groups is 1. The van der Waals surface area contributed by atoms with Crippen LogP contribution in [0, 0.1) is 30.4 Å². The standard InChI is InChI=1S/C31H37F3N5O3/c1-20(40)14-36-31(41)39(18-23-15-35-16-27(23)34)29(22-9-11-42-12-10-22)30-37-28(25-13-24(32)7-8-26(25)33)19-38(30)17-21-5-3-2-4-6-21/h2-8,13,19-20,22-23,27,29,35,40H,1,9-12,14-18H2,(H,36,41)/t20-,23+,27+,29?/m1/s1. The third kappa shape index (κ3) is 7.14. The molecule has 225 valence electrons. The highest BCUT2D eigenvalue weighted by Gasteiger charge is 2.40. The third-order valence-corrected chi connectivity index (χ3v) is 7.96. The molecule has 2 aromatic carbocycles. The van der Waals surface area contributed by atoms with Gasteiger partial charge in [-0.05, 0) is 49.4 Å². The maximum absolute atomic E-state index is 15.0. The van der Waals surface area contributed by atoms with Gasteiger partial charge < -0.3 is 29.9 Å². The van der Waals surface area contributed by atoms with Gasteiger partial charge in [-0.2, -0.15) is 0 Å². The molecule has 1 aromatic heterocycles. The second-order valence-electron chi connectivity index (χ2n) is 11.0. The van der Waals surface area contributed by atoms with E-state index in [1.165, 1.54) is 0 Å². The summed E-state index contributed by atoms with van der Waals surface area (Å²) in [7, 11) is 0. The van der Waals surface area contributed by atoms with Gasteiger partial charge >= 0.3 is 6.03 Å². The van der Waals surface area contributed by atoms with Crippen LogP contribution in [0.1, 0.15) is 30.3 Å². The summed E-state index contributed by atoms with van der Waals surface area (Å²) in [5.74, 6) is -1.30. The smallest absolute Gasteiger partial charge is 0.318 e. The number of halogens is 3. The first-order valence-electron chi connectivity index (χ1n) is 14.3. The maximum Gasteiger partial charge on any atom is 0.318 e. The molecule has 2 amide bonds. The van der Waals surface area contributed by atoms with E-state index in [0.29, 0.717) is 45.0 Å². The van der Waals surface area contributed by atoms with E-state index in [1.807, 2.05) is 34.9 Å². The monoisotopic (exact) mass is 584 g/mol. The van der Waals surface area contributed by atoms with E-state index in [4.69, 9.17) is 9.72 Å². The molecule has 1 unspecified atom stereocenters. The van der Waals surface area contributed by atoms with Gasteiger partial charge in [0.1, 0.15) is 23.6 Å². The zero-order chi connectivity index (χ0) is 29.6. The average molecular weight is 585 g/mol. The van der Waals surface area contributed by atoms with Crippen molar-refractivity contribution < 1.29 is 27.8 Å². The van der Waals surface area contributed by atoms with Gasteiger partial charge in [-0.25, -0.2) is 22.9 Å². The van der Waals surface area contributed by atoms with Crippen molar-refractivity contribution in [2.24, 2.45) is 11.8 Å². The summed E-state index contributed by atoms with van der Waals surface area (Å²) < 4.78 is 51.6. The summed E-state index contributed by atoms with van der Waals surface area (Å²) in [6.45, 7) is 5.48. The van der Waals surface area contributed by atoms with Gasteiger partial charge in [0.2, 0.25) is 0 Å². The van der Waals surface area contributed by atoms with Crippen LogP contribution in [0.15, 0.2) is 54.7 Å². The Morgan fingerprint density at radius 2 is 1.95 bits per heavy atom. The molecule has 0 spiro atoms. The van der Waals surface area contributed by atoms with Crippen molar-refractivity contribution in [3.63, 3.8) is 0 Å². The number of amides is 2. The molecule has 4 atom stereocenters. The molecule has 3 heterocycles. The molecule has 11 heteroatoms. The Labute approximate surface area is 243 Å². The van der Waals surface area contributed by atoms with Crippen molar-refractivity contribution in [1.82, 2.24) is 25.1 Å². The Hall–Kier alpha value is -3.41. The second kappa shape index (κ2) is 13.7. The first kappa shape index (κ1) is 30.1. The number of hydrogen-bond acceptors (Lipinski definition) is 5. The molecule has 2 aliphatic rings. The van der Waals surface area contributed by atoms with E-state index in [1.54, 1.807) is 11.1 Å². The van der Waals surface area contributed by atoms with Gasteiger partial charge in [-0.1, -0.05) is 30.3 Å². The van der Waals surface area contributed by atoms with Gasteiger partial charge in [-0.3, -0.25) is 0 Å². The molecule has 8 nitrogen and oxygen atoms in total. The predicted octanol–water partition coefficient (Wildman–Crippen LogP) is 4.11. The number of aliphatic hydroxyl groups is 1. The van der Waals surface area contributed by atoms with Crippen LogP contribution in [0.5, 0.6) is 0 Å². The van der Waals surface area contributed by atoms with E-state index in [2.05, 4.69) is 17.6 Å². The molecule has 0 bridgehead atoms. The summed E-state index contributed by atoms with van der Waals surface area (Å²) in [5.41, 5.74) is 1.19. The van der Waals surface area contributed by atoms with Crippen LogP contribution in [0.3, 0.4) is 0 Å². The van der Waals surface area contributed by atoms with Gasteiger partial charge in [0.05, 0.1) is 17.8 Å². The van der Waals surface area contributed by atoms with E-state index >= 15 is 0 Å². The lowest BCUT2D eigenvalue weighted by molar-refractivity contribution is 0.0255. The number of benzene rings is 2. The van der Waals surface area contributed by atoms with Crippen LogP contribution in [0.4, 0.5) is 18.0 Å². The van der Waals surface area contributed by atoms with E-state index < -0.39 is 41.9 Å². The topological polar surface area (TPSA) is 91.6 Å². The Balaban J connectivity index is 1.63. The number of nitrogens with zero attached hydrogens (tertiary/aromatic N) is 3. The number of imidazole rings is 1. The summed E-state index contributed by atoms with van der Waals surface area (Å²) in [6.07, 6.45) is 0.751. The summed E-state index contributed by atoms with van der Waals surface area (Å²) >= 11 is 0. The Morgan fingerprint density at radius 1 is 1.19 bits per heavy atom. The fourth-order valence-electron chi connectivity index (χ4n) is 5.80. The number of aromatic nitrogens is 2. The first-order chi connectivity index (χ1) is 20.3. The highest BCUT2D eigenvalue weighted by atomic mass is 19.1. The molecule has 3 N–H and O–H groups in total. The molecule has 1 radical (unpaired) electrons. The maximum atomic E-state index is 15.0. The Kier molecular flexibility index (Phi) is 9.81. The number of carbonyl (C=O) groups excluding carboxylic acids is 1. The van der Waals surface area contributed by atoms with Crippen molar-refractivity contribution in [2.75, 3.05) is 39.4 Å². The highest BCUT2D eigenvalue weighted by molar-refractivity contribution is 5.75. The Morgan fingerprint density at radius 3 is 2.64 bits per heavy atom. The SMILES string of the molecule is [CH2][C@@H](O)CNC(=O)N(C[C@@H]1CNC[C@@H]1F)C(c1nc(-c2cc(F)ccc2F)cn1Cc1ccccc1)C1CCOCC1.